The van der Waals surface area contributed by atoms with Crippen molar-refractivity contribution in [1.82, 2.24) is 9.88 Å². The molecule has 1 aromatic heterocycles. The highest BCUT2D eigenvalue weighted by atomic mass is 32.2. The van der Waals surface area contributed by atoms with Crippen molar-refractivity contribution in [3.63, 3.8) is 0 Å². The summed E-state index contributed by atoms with van der Waals surface area (Å²) in [5, 5.41) is 12.0. The van der Waals surface area contributed by atoms with Crippen LogP contribution in [0.25, 0.3) is 0 Å². The van der Waals surface area contributed by atoms with Gasteiger partial charge >= 0.3 is 12.0 Å². The number of carbonyl (C=O) groups excluding carboxylic acids is 1. The molecule has 25 heavy (non-hydrogen) atoms. The molecule has 0 unspecified atom stereocenters. The average molecular weight is 382 g/mol. The number of thioether (sulfide) groups is 1. The van der Waals surface area contributed by atoms with Crippen LogP contribution in [0.15, 0.2) is 10.4 Å². The Labute approximate surface area is 156 Å². The Balaban J connectivity index is 1.96. The van der Waals surface area contributed by atoms with Crippen molar-refractivity contribution in [2.24, 2.45) is 5.92 Å². The number of nitrogens with one attached hydrogen (secondary N) is 1. The average Bonchev–Trinajstić information content (AvgIpc) is 3.02. The predicted molar refractivity (Wildman–Crippen MR) is 101 cm³/mol. The topological polar surface area (TPSA) is 82.5 Å². The standard InChI is InChI=1S/C17H23N3O3S2/c1-3-4-9-20(13-7-5-12(2)6-8-13)17(23)19-16-18-10-15(25-16)24-11-14(21)22/h1,10,12-13H,4-9,11H2,2H3,(H,21,22)(H,18,19,23). The van der Waals surface area contributed by atoms with E-state index >= 15 is 0 Å². The second kappa shape index (κ2) is 9.68. The van der Waals surface area contributed by atoms with E-state index < -0.39 is 5.97 Å². The fourth-order valence-corrected chi connectivity index (χ4v) is 4.45. The van der Waals surface area contributed by atoms with Gasteiger partial charge in [-0.3, -0.25) is 10.1 Å². The normalized spacial score (nSPS) is 19.8. The summed E-state index contributed by atoms with van der Waals surface area (Å²) in [5.41, 5.74) is 0. The number of rotatable bonds is 7. The maximum absolute atomic E-state index is 12.7. The number of aliphatic carboxylic acids is 1. The summed E-state index contributed by atoms with van der Waals surface area (Å²) in [7, 11) is 0. The second-order valence-corrected chi connectivity index (χ2v) is 8.46. The summed E-state index contributed by atoms with van der Waals surface area (Å²) >= 11 is 2.47. The molecule has 1 saturated carbocycles. The van der Waals surface area contributed by atoms with Gasteiger partial charge in [0.15, 0.2) is 5.13 Å². The molecule has 0 radical (unpaired) electrons. The molecule has 0 bridgehead atoms. The summed E-state index contributed by atoms with van der Waals surface area (Å²) in [6.45, 7) is 2.78. The predicted octanol–water partition coefficient (Wildman–Crippen LogP) is 3.76. The molecular formula is C17H23N3O3S2. The number of anilines is 1. The quantitative estimate of drug-likeness (QED) is 0.555. The van der Waals surface area contributed by atoms with E-state index in [4.69, 9.17) is 11.5 Å². The SMILES string of the molecule is C#CCCN(C(=O)Nc1ncc(SCC(=O)O)s1)C1CCC(C)CC1. The summed E-state index contributed by atoms with van der Waals surface area (Å²) in [4.78, 5) is 29.3. The minimum Gasteiger partial charge on any atom is -0.481 e. The molecule has 1 aliphatic rings. The molecule has 8 heteroatoms. The zero-order chi connectivity index (χ0) is 18.2. The molecule has 2 amide bonds. The summed E-state index contributed by atoms with van der Waals surface area (Å²) in [6.07, 6.45) is 11.7. The number of hydrogen-bond acceptors (Lipinski definition) is 5. The van der Waals surface area contributed by atoms with Gasteiger partial charge in [-0.1, -0.05) is 18.3 Å². The number of aromatic nitrogens is 1. The summed E-state index contributed by atoms with van der Waals surface area (Å²) in [6, 6.07) is 0.0318. The van der Waals surface area contributed by atoms with E-state index in [0.717, 1.165) is 29.9 Å². The van der Waals surface area contributed by atoms with Gasteiger partial charge in [0.05, 0.1) is 16.2 Å². The molecule has 1 aromatic rings. The third-order valence-corrected chi connectivity index (χ3v) is 6.31. The fourth-order valence-electron chi connectivity index (χ4n) is 2.87. The van der Waals surface area contributed by atoms with E-state index in [9.17, 15) is 9.59 Å². The third kappa shape index (κ3) is 6.25. The lowest BCUT2D eigenvalue weighted by Crippen LogP contribution is -2.45. The van der Waals surface area contributed by atoms with Crippen LogP contribution in [0.1, 0.15) is 39.0 Å². The smallest absolute Gasteiger partial charge is 0.323 e. The number of amides is 2. The Morgan fingerprint density at radius 3 is 2.84 bits per heavy atom. The van der Waals surface area contributed by atoms with Crippen molar-refractivity contribution in [2.75, 3.05) is 17.6 Å². The van der Waals surface area contributed by atoms with Crippen LogP contribution >= 0.6 is 23.1 Å². The molecule has 2 rings (SSSR count). The molecule has 0 spiro atoms. The first-order chi connectivity index (χ1) is 12.0. The van der Waals surface area contributed by atoms with Crippen LogP contribution in [-0.4, -0.2) is 45.3 Å². The zero-order valence-corrected chi connectivity index (χ0v) is 15.9. The van der Waals surface area contributed by atoms with E-state index in [2.05, 4.69) is 23.1 Å². The first-order valence-electron chi connectivity index (χ1n) is 8.31. The highest BCUT2D eigenvalue weighted by molar-refractivity contribution is 8.01. The molecule has 0 saturated heterocycles. The number of hydrogen-bond donors (Lipinski definition) is 2. The summed E-state index contributed by atoms with van der Waals surface area (Å²) < 4.78 is 0.763. The zero-order valence-electron chi connectivity index (χ0n) is 14.2. The Bertz CT molecular complexity index is 633. The highest BCUT2D eigenvalue weighted by Gasteiger charge is 2.27. The lowest BCUT2D eigenvalue weighted by Gasteiger charge is -2.35. The van der Waals surface area contributed by atoms with Crippen LogP contribution in [-0.2, 0) is 4.79 Å². The Morgan fingerprint density at radius 1 is 1.48 bits per heavy atom. The number of carboxylic acids is 1. The molecule has 1 fully saturated rings. The van der Waals surface area contributed by atoms with E-state index in [0.29, 0.717) is 24.0 Å². The monoisotopic (exact) mass is 381 g/mol. The Kier molecular flexibility index (Phi) is 7.59. The van der Waals surface area contributed by atoms with Crippen LogP contribution in [0.2, 0.25) is 0 Å². The number of terminal acetylenes is 1. The maximum Gasteiger partial charge on any atom is 0.323 e. The maximum atomic E-state index is 12.7. The Morgan fingerprint density at radius 2 is 2.20 bits per heavy atom. The van der Waals surface area contributed by atoms with Crippen molar-refractivity contribution in [3.05, 3.63) is 6.20 Å². The van der Waals surface area contributed by atoms with Crippen LogP contribution in [0.4, 0.5) is 9.93 Å². The molecule has 0 aromatic carbocycles. The molecule has 0 atom stereocenters. The minimum absolute atomic E-state index is 0.0237. The largest absolute Gasteiger partial charge is 0.481 e. The van der Waals surface area contributed by atoms with Gasteiger partial charge in [0.2, 0.25) is 0 Å². The summed E-state index contributed by atoms with van der Waals surface area (Å²) in [5.74, 6) is 2.41. The number of carbonyl (C=O) groups is 2. The number of urea groups is 1. The van der Waals surface area contributed by atoms with E-state index in [1.165, 1.54) is 23.1 Å². The first kappa shape index (κ1) is 19.6. The highest BCUT2D eigenvalue weighted by Crippen LogP contribution is 2.30. The van der Waals surface area contributed by atoms with Gasteiger partial charge in [-0.05, 0) is 31.6 Å². The van der Waals surface area contributed by atoms with Crippen LogP contribution in [0.5, 0.6) is 0 Å². The number of carboxylic acid groups (broad SMARTS) is 1. The second-order valence-electron chi connectivity index (χ2n) is 6.16. The Hall–Kier alpha value is -1.72. The molecule has 0 aliphatic heterocycles. The van der Waals surface area contributed by atoms with Crippen molar-refractivity contribution in [2.45, 2.75) is 49.3 Å². The van der Waals surface area contributed by atoms with Crippen LogP contribution in [0.3, 0.4) is 0 Å². The molecular weight excluding hydrogens is 358 g/mol. The van der Waals surface area contributed by atoms with Gasteiger partial charge < -0.3 is 10.0 Å². The fraction of sp³-hybridized carbons (Fsp3) is 0.588. The minimum atomic E-state index is -0.879. The van der Waals surface area contributed by atoms with Crippen molar-refractivity contribution < 1.29 is 14.7 Å². The molecule has 6 nitrogen and oxygen atoms in total. The van der Waals surface area contributed by atoms with Crippen molar-refractivity contribution >= 4 is 40.2 Å². The molecule has 1 aliphatic carbocycles. The van der Waals surface area contributed by atoms with Gasteiger partial charge in [-0.25, -0.2) is 9.78 Å². The van der Waals surface area contributed by atoms with Gasteiger partial charge in [-0.15, -0.1) is 24.1 Å². The molecule has 2 N–H and O–H groups in total. The third-order valence-electron chi connectivity index (χ3n) is 4.22. The molecule has 136 valence electrons. The molecule has 1 heterocycles. The van der Waals surface area contributed by atoms with Gasteiger partial charge in [0.1, 0.15) is 0 Å². The van der Waals surface area contributed by atoms with E-state index in [-0.39, 0.29) is 17.8 Å². The first-order valence-corrected chi connectivity index (χ1v) is 10.1. The van der Waals surface area contributed by atoms with Crippen LogP contribution < -0.4 is 5.32 Å². The van der Waals surface area contributed by atoms with Gasteiger partial charge in [-0.2, -0.15) is 0 Å². The lowest BCUT2D eigenvalue weighted by molar-refractivity contribution is -0.133. The number of nitrogens with zero attached hydrogens (tertiary/aromatic N) is 2. The van der Waals surface area contributed by atoms with Gasteiger partial charge in [0.25, 0.3) is 0 Å². The lowest BCUT2D eigenvalue weighted by atomic mass is 9.86. The van der Waals surface area contributed by atoms with E-state index in [1.807, 2.05) is 4.90 Å². The van der Waals surface area contributed by atoms with Crippen LogP contribution in [0, 0.1) is 18.3 Å². The van der Waals surface area contributed by atoms with Crippen molar-refractivity contribution in [3.8, 4) is 12.3 Å². The van der Waals surface area contributed by atoms with Gasteiger partial charge in [0, 0.05) is 19.0 Å². The van der Waals surface area contributed by atoms with Crippen molar-refractivity contribution in [1.29, 1.82) is 0 Å². The number of thiazole rings is 1. The van der Waals surface area contributed by atoms with E-state index in [1.54, 1.807) is 6.20 Å².